The Hall–Kier alpha value is -2.90. The molecule has 29 heavy (non-hydrogen) atoms. The molecule has 8 nitrogen and oxygen atoms in total. The number of carbonyl (C=O) groups excluding carboxylic acids is 2. The van der Waals surface area contributed by atoms with E-state index in [9.17, 15) is 19.2 Å². The number of para-hydroxylation sites is 1. The van der Waals surface area contributed by atoms with E-state index in [1.54, 1.807) is 24.3 Å². The Kier molecular flexibility index (Phi) is 6.85. The van der Waals surface area contributed by atoms with Gasteiger partial charge in [-0.3, -0.25) is 23.9 Å². The summed E-state index contributed by atoms with van der Waals surface area (Å²) < 4.78 is 6.54. The molecular formula is C21H27N3O5. The van der Waals surface area contributed by atoms with Crippen molar-refractivity contribution in [3.05, 3.63) is 45.1 Å². The first-order chi connectivity index (χ1) is 14.0. The standard InChI is InChI=1S/C21H27N3O5/c1-14(19(26)22-13-15-7-3-2-4-8-15)29-18(25)11-12-24-17-10-6-5-9-16(17)20(27)23-21(24)28/h5-6,9-10,14-15H,2-4,7-8,11-13H2,1H3,(H,22,26)(H,23,27,28). The molecule has 1 aromatic heterocycles. The highest BCUT2D eigenvalue weighted by Crippen LogP contribution is 2.22. The minimum absolute atomic E-state index is 0.0470. The number of hydrogen-bond acceptors (Lipinski definition) is 5. The monoisotopic (exact) mass is 401 g/mol. The first-order valence-corrected chi connectivity index (χ1v) is 10.1. The number of amides is 1. The molecule has 0 spiro atoms. The highest BCUT2D eigenvalue weighted by atomic mass is 16.5. The Morgan fingerprint density at radius 2 is 1.93 bits per heavy atom. The highest BCUT2D eigenvalue weighted by Gasteiger charge is 2.20. The van der Waals surface area contributed by atoms with E-state index < -0.39 is 23.3 Å². The van der Waals surface area contributed by atoms with E-state index in [1.165, 1.54) is 30.8 Å². The summed E-state index contributed by atoms with van der Waals surface area (Å²) in [4.78, 5) is 50.6. The van der Waals surface area contributed by atoms with Crippen molar-refractivity contribution in [1.82, 2.24) is 14.9 Å². The molecule has 1 amide bonds. The van der Waals surface area contributed by atoms with Crippen LogP contribution in [0, 0.1) is 5.92 Å². The summed E-state index contributed by atoms with van der Waals surface area (Å²) in [7, 11) is 0. The van der Waals surface area contributed by atoms with E-state index >= 15 is 0 Å². The number of hydrogen-bond donors (Lipinski definition) is 2. The maximum Gasteiger partial charge on any atom is 0.328 e. The Morgan fingerprint density at radius 1 is 1.21 bits per heavy atom. The largest absolute Gasteiger partial charge is 0.452 e. The zero-order valence-electron chi connectivity index (χ0n) is 16.6. The van der Waals surface area contributed by atoms with Crippen molar-refractivity contribution < 1.29 is 14.3 Å². The molecule has 2 N–H and O–H groups in total. The molecule has 8 heteroatoms. The van der Waals surface area contributed by atoms with Crippen LogP contribution in [0.15, 0.2) is 33.9 Å². The Morgan fingerprint density at radius 3 is 2.69 bits per heavy atom. The number of aromatic nitrogens is 2. The first-order valence-electron chi connectivity index (χ1n) is 10.1. The number of nitrogens with zero attached hydrogens (tertiary/aromatic N) is 1. The lowest BCUT2D eigenvalue weighted by Gasteiger charge is -2.22. The van der Waals surface area contributed by atoms with Gasteiger partial charge in [0.05, 0.1) is 17.3 Å². The number of nitrogens with one attached hydrogen (secondary N) is 2. The lowest BCUT2D eigenvalue weighted by atomic mass is 9.89. The zero-order valence-corrected chi connectivity index (χ0v) is 16.6. The third-order valence-corrected chi connectivity index (χ3v) is 5.41. The average Bonchev–Trinajstić information content (AvgIpc) is 2.72. The molecule has 1 fully saturated rings. The van der Waals surface area contributed by atoms with Crippen LogP contribution in [-0.2, 0) is 20.9 Å². The van der Waals surface area contributed by atoms with Gasteiger partial charge < -0.3 is 10.1 Å². The van der Waals surface area contributed by atoms with Gasteiger partial charge in [-0.1, -0.05) is 31.4 Å². The number of esters is 1. The van der Waals surface area contributed by atoms with E-state index in [2.05, 4.69) is 10.3 Å². The van der Waals surface area contributed by atoms with Gasteiger partial charge >= 0.3 is 11.7 Å². The van der Waals surface area contributed by atoms with Crippen LogP contribution in [0.1, 0.15) is 45.4 Å². The summed E-state index contributed by atoms with van der Waals surface area (Å²) in [6.07, 6.45) is 4.91. The number of ether oxygens (including phenoxy) is 1. The van der Waals surface area contributed by atoms with E-state index in [0.717, 1.165) is 12.8 Å². The molecule has 1 unspecified atom stereocenters. The normalized spacial score (nSPS) is 15.8. The minimum Gasteiger partial charge on any atom is -0.452 e. The average molecular weight is 401 g/mol. The summed E-state index contributed by atoms with van der Waals surface area (Å²) in [6.45, 7) is 2.19. The van der Waals surface area contributed by atoms with Crippen molar-refractivity contribution in [3.8, 4) is 0 Å². The van der Waals surface area contributed by atoms with Crippen LogP contribution in [0.3, 0.4) is 0 Å². The van der Waals surface area contributed by atoms with Crippen LogP contribution in [-0.4, -0.2) is 34.1 Å². The number of aryl methyl sites for hydroxylation is 1. The molecule has 1 aromatic carbocycles. The number of benzene rings is 1. The fourth-order valence-corrected chi connectivity index (χ4v) is 3.76. The topological polar surface area (TPSA) is 110 Å². The van der Waals surface area contributed by atoms with Crippen molar-refractivity contribution in [2.45, 2.75) is 58.1 Å². The molecule has 1 aliphatic rings. The Balaban J connectivity index is 1.53. The second-order valence-electron chi connectivity index (χ2n) is 7.56. The summed E-state index contributed by atoms with van der Waals surface area (Å²) in [5, 5.41) is 3.23. The first kappa shape index (κ1) is 20.8. The predicted molar refractivity (Wildman–Crippen MR) is 109 cm³/mol. The number of rotatable bonds is 7. The predicted octanol–water partition coefficient (Wildman–Crippen LogP) is 1.71. The van der Waals surface area contributed by atoms with Crippen LogP contribution in [0.25, 0.3) is 10.9 Å². The molecule has 1 aliphatic carbocycles. The summed E-state index contributed by atoms with van der Waals surface area (Å²) in [6, 6.07) is 6.68. The van der Waals surface area contributed by atoms with Crippen LogP contribution in [0.5, 0.6) is 0 Å². The van der Waals surface area contributed by atoms with Crippen molar-refractivity contribution in [2.24, 2.45) is 5.92 Å². The Bertz CT molecular complexity index is 988. The van der Waals surface area contributed by atoms with Crippen molar-refractivity contribution in [2.75, 3.05) is 6.54 Å². The number of carbonyl (C=O) groups is 2. The summed E-state index contributed by atoms with van der Waals surface area (Å²) >= 11 is 0. The maximum absolute atomic E-state index is 12.2. The van der Waals surface area contributed by atoms with Gasteiger partial charge in [-0.25, -0.2) is 4.79 Å². The number of fused-ring (bicyclic) bond motifs is 1. The van der Waals surface area contributed by atoms with Gasteiger partial charge in [0.25, 0.3) is 11.5 Å². The van der Waals surface area contributed by atoms with E-state index in [-0.39, 0.29) is 18.9 Å². The number of H-pyrrole nitrogens is 1. The lowest BCUT2D eigenvalue weighted by Crippen LogP contribution is -2.39. The minimum atomic E-state index is -0.893. The fraction of sp³-hybridized carbons (Fsp3) is 0.524. The van der Waals surface area contributed by atoms with Crippen LogP contribution < -0.4 is 16.6 Å². The molecule has 0 bridgehead atoms. The third kappa shape index (κ3) is 5.34. The molecule has 3 rings (SSSR count). The van der Waals surface area contributed by atoms with Gasteiger partial charge in [-0.2, -0.15) is 0 Å². The van der Waals surface area contributed by atoms with Crippen molar-refractivity contribution in [3.63, 3.8) is 0 Å². The summed E-state index contributed by atoms with van der Waals surface area (Å²) in [5.74, 6) is -0.390. The highest BCUT2D eigenvalue weighted by molar-refractivity contribution is 5.83. The molecule has 1 heterocycles. The second kappa shape index (κ2) is 9.54. The number of aromatic amines is 1. The van der Waals surface area contributed by atoms with Gasteiger partial charge in [0.15, 0.2) is 6.10 Å². The molecule has 2 aromatic rings. The van der Waals surface area contributed by atoms with Crippen LogP contribution in [0.2, 0.25) is 0 Å². The zero-order chi connectivity index (χ0) is 20.8. The maximum atomic E-state index is 12.2. The van der Waals surface area contributed by atoms with Gasteiger partial charge in [0.2, 0.25) is 0 Å². The van der Waals surface area contributed by atoms with Crippen LogP contribution in [0.4, 0.5) is 0 Å². The Labute approximate surface area is 168 Å². The SMILES string of the molecule is CC(OC(=O)CCn1c(=O)[nH]c(=O)c2ccccc21)C(=O)NCC1CCCCC1. The van der Waals surface area contributed by atoms with Gasteiger partial charge in [-0.15, -0.1) is 0 Å². The van der Waals surface area contributed by atoms with E-state index in [4.69, 9.17) is 4.74 Å². The molecule has 0 radical (unpaired) electrons. The molecule has 156 valence electrons. The van der Waals surface area contributed by atoms with Crippen molar-refractivity contribution >= 4 is 22.8 Å². The lowest BCUT2D eigenvalue weighted by molar-refractivity contribution is -0.155. The van der Waals surface area contributed by atoms with E-state index in [1.807, 2.05) is 0 Å². The van der Waals surface area contributed by atoms with Gasteiger partial charge in [-0.05, 0) is 37.8 Å². The molecule has 0 aliphatic heterocycles. The molecule has 1 atom stereocenters. The van der Waals surface area contributed by atoms with Gasteiger partial charge in [0.1, 0.15) is 0 Å². The van der Waals surface area contributed by atoms with Crippen LogP contribution >= 0.6 is 0 Å². The smallest absolute Gasteiger partial charge is 0.328 e. The molecule has 0 saturated heterocycles. The quantitative estimate of drug-likeness (QED) is 0.686. The second-order valence-corrected chi connectivity index (χ2v) is 7.56. The summed E-state index contributed by atoms with van der Waals surface area (Å²) in [5.41, 5.74) is -0.597. The van der Waals surface area contributed by atoms with E-state index in [0.29, 0.717) is 23.4 Å². The molecule has 1 saturated carbocycles. The van der Waals surface area contributed by atoms with Crippen molar-refractivity contribution in [1.29, 1.82) is 0 Å². The third-order valence-electron chi connectivity index (χ3n) is 5.41. The van der Waals surface area contributed by atoms with Gasteiger partial charge in [0, 0.05) is 13.1 Å². The fourth-order valence-electron chi connectivity index (χ4n) is 3.76. The molecular weight excluding hydrogens is 374 g/mol.